The maximum Gasteiger partial charge on any atom is 0.0782 e. The van der Waals surface area contributed by atoms with E-state index in [2.05, 4.69) is 281 Å². The number of aryl methyl sites for hydroxylation is 4. The Morgan fingerprint density at radius 2 is 0.711 bits per heavy atom. The highest BCUT2D eigenvalue weighted by Crippen LogP contribution is 2.54. The normalized spacial score (nSPS) is 13.8. The van der Waals surface area contributed by atoms with Gasteiger partial charge < -0.3 is 18.9 Å². The average molecular weight is 1170 g/mol. The second kappa shape index (κ2) is 21.8. The van der Waals surface area contributed by atoms with Crippen molar-refractivity contribution >= 4 is 110 Å². The highest BCUT2D eigenvalue weighted by atomic mass is 15.2. The van der Waals surface area contributed by atoms with Gasteiger partial charge in [-0.2, -0.15) is 0 Å². The summed E-state index contributed by atoms with van der Waals surface area (Å²) in [7, 11) is 0. The van der Waals surface area contributed by atoms with Crippen molar-refractivity contribution in [2.75, 3.05) is 9.80 Å². The Kier molecular flexibility index (Phi) is 13.6. The maximum atomic E-state index is 2.74. The molecule has 2 aliphatic carbocycles. The van der Waals surface area contributed by atoms with Gasteiger partial charge in [-0.1, -0.05) is 202 Å². The van der Waals surface area contributed by atoms with Gasteiger partial charge in [-0.05, 0) is 214 Å². The maximum absolute atomic E-state index is 2.74. The van der Waals surface area contributed by atoms with Crippen LogP contribution in [-0.4, -0.2) is 9.13 Å². The molecule has 0 amide bonds. The predicted octanol–water partition coefficient (Wildman–Crippen LogP) is 24.0. The lowest BCUT2D eigenvalue weighted by molar-refractivity contribution is 0.589. The van der Waals surface area contributed by atoms with Crippen LogP contribution < -0.4 is 9.80 Å². The Hall–Kier alpha value is -9.12. The third-order valence-corrected chi connectivity index (χ3v) is 20.5. The fourth-order valence-electron chi connectivity index (χ4n) is 16.3. The van der Waals surface area contributed by atoms with Crippen molar-refractivity contribution < 1.29 is 0 Å². The topological polar surface area (TPSA) is 16.3 Å². The molecule has 446 valence electrons. The molecule has 0 bridgehead atoms. The summed E-state index contributed by atoms with van der Waals surface area (Å²) in [6.07, 6.45) is 13.1. The van der Waals surface area contributed by atoms with Crippen LogP contribution in [0.4, 0.5) is 34.1 Å². The van der Waals surface area contributed by atoms with Crippen LogP contribution in [0.25, 0.3) is 87.3 Å². The van der Waals surface area contributed by atoms with Crippen LogP contribution in [0.1, 0.15) is 138 Å². The van der Waals surface area contributed by atoms with E-state index >= 15 is 0 Å². The quantitative estimate of drug-likeness (QED) is 0.113. The van der Waals surface area contributed by atoms with Crippen LogP contribution in [0.3, 0.4) is 0 Å². The van der Waals surface area contributed by atoms with Gasteiger partial charge in [0, 0.05) is 55.1 Å². The summed E-state index contributed by atoms with van der Waals surface area (Å²) in [6.45, 7) is 18.7. The molecule has 2 heterocycles. The largest absolute Gasteiger partial charge is 0.307 e. The van der Waals surface area contributed by atoms with Gasteiger partial charge in [-0.15, -0.1) is 0 Å². The molecule has 0 unspecified atom stereocenters. The summed E-state index contributed by atoms with van der Waals surface area (Å²) in [5, 5.41) is 13.1. The number of hydrogen-bond donors (Lipinski definition) is 0. The van der Waals surface area contributed by atoms with Crippen molar-refractivity contribution in [3.8, 4) is 11.4 Å². The Balaban J connectivity index is 1.03. The molecule has 4 heteroatoms. The van der Waals surface area contributed by atoms with Gasteiger partial charge in [0.25, 0.3) is 0 Å². The van der Waals surface area contributed by atoms with Crippen LogP contribution in [0.15, 0.2) is 206 Å². The van der Waals surface area contributed by atoms with Crippen molar-refractivity contribution in [2.45, 2.75) is 143 Å². The summed E-state index contributed by atoms with van der Waals surface area (Å²) in [5.41, 5.74) is 26.1. The number of nitrogens with zero attached hydrogens (tertiary/aromatic N) is 4. The van der Waals surface area contributed by atoms with Crippen molar-refractivity contribution in [2.24, 2.45) is 0 Å². The Morgan fingerprint density at radius 1 is 0.333 bits per heavy atom. The minimum absolute atomic E-state index is 0.0233. The molecule has 0 spiro atoms. The van der Waals surface area contributed by atoms with E-state index in [0.29, 0.717) is 0 Å². The standard InChI is InChI=1S/C86H82N4/c1-9-25-57-51-79(89(73-43-19-29-55-27-11-13-35-63(55)73)77-45-23-39-69-67-37-15-17-41-75(67)87(83(69)77)61-33-21-31-59(53-61)85(3,4)5)71-50-48-66-58(26-10-2)52-80(72-49-47-65(57)81(71)82(66)72)90(74-44-20-30-56-28-12-14-36-64(56)74)78-46-24-40-70-68-38-16-18-42-76(68)88(84(70)78)62-34-22-32-60(54-62)86(6,7)8/h15-24,29-34,37-54H,9-14,25-28,35-36H2,1-8H3. The lowest BCUT2D eigenvalue weighted by Gasteiger charge is -2.34. The van der Waals surface area contributed by atoms with Crippen LogP contribution in [0, 0.1) is 0 Å². The van der Waals surface area contributed by atoms with E-state index in [9.17, 15) is 0 Å². The first-order valence-corrected chi connectivity index (χ1v) is 33.7. The summed E-state index contributed by atoms with van der Waals surface area (Å²) in [6, 6.07) is 80.8. The monoisotopic (exact) mass is 1170 g/mol. The molecule has 0 radical (unpaired) electrons. The van der Waals surface area contributed by atoms with E-state index < -0.39 is 0 Å². The Morgan fingerprint density at radius 3 is 1.14 bits per heavy atom. The zero-order chi connectivity index (χ0) is 61.2. The summed E-state index contributed by atoms with van der Waals surface area (Å²) < 4.78 is 5.17. The number of fused-ring (bicyclic) bond motifs is 8. The van der Waals surface area contributed by atoms with Gasteiger partial charge in [0.05, 0.1) is 44.8 Å². The van der Waals surface area contributed by atoms with Crippen LogP contribution in [0.2, 0.25) is 0 Å². The lowest BCUT2D eigenvalue weighted by Crippen LogP contribution is -2.18. The highest BCUT2D eigenvalue weighted by molar-refractivity contribution is 6.30. The zero-order valence-electron chi connectivity index (χ0n) is 53.9. The third kappa shape index (κ3) is 8.98. The molecule has 14 aromatic rings. The smallest absolute Gasteiger partial charge is 0.0782 e. The zero-order valence-corrected chi connectivity index (χ0v) is 53.9. The van der Waals surface area contributed by atoms with Gasteiger partial charge in [-0.3, -0.25) is 0 Å². The molecule has 0 saturated heterocycles. The van der Waals surface area contributed by atoms with Gasteiger partial charge in [-0.25, -0.2) is 0 Å². The third-order valence-electron chi connectivity index (χ3n) is 20.5. The van der Waals surface area contributed by atoms with Gasteiger partial charge in [0.15, 0.2) is 0 Å². The lowest BCUT2D eigenvalue weighted by atomic mass is 9.85. The van der Waals surface area contributed by atoms with Gasteiger partial charge >= 0.3 is 0 Å². The van der Waals surface area contributed by atoms with Crippen molar-refractivity contribution in [1.82, 2.24) is 9.13 Å². The Bertz CT molecular complexity index is 4820. The van der Waals surface area contributed by atoms with E-state index in [1.165, 1.54) is 192 Å². The fraction of sp³-hybridized carbons (Fsp3) is 0.256. The first-order valence-electron chi connectivity index (χ1n) is 33.7. The number of anilines is 6. The van der Waals surface area contributed by atoms with Crippen molar-refractivity contribution in [3.05, 3.63) is 251 Å². The fourth-order valence-corrected chi connectivity index (χ4v) is 16.3. The molecule has 2 aliphatic rings. The Labute approximate surface area is 531 Å². The number of benzene rings is 12. The molecule has 0 N–H and O–H groups in total. The minimum atomic E-state index is -0.0233. The molecule has 90 heavy (non-hydrogen) atoms. The number of aromatic nitrogens is 2. The molecular formula is C86H82N4. The van der Waals surface area contributed by atoms with Crippen LogP contribution >= 0.6 is 0 Å². The minimum Gasteiger partial charge on any atom is -0.307 e. The highest BCUT2D eigenvalue weighted by Gasteiger charge is 2.32. The second-order valence-corrected chi connectivity index (χ2v) is 28.2. The van der Waals surface area contributed by atoms with Gasteiger partial charge in [0.1, 0.15) is 0 Å². The first kappa shape index (κ1) is 56.1. The molecule has 0 atom stereocenters. The van der Waals surface area contributed by atoms with Gasteiger partial charge in [0.2, 0.25) is 0 Å². The van der Waals surface area contributed by atoms with E-state index in [-0.39, 0.29) is 10.8 Å². The molecule has 2 aromatic heterocycles. The van der Waals surface area contributed by atoms with E-state index in [4.69, 9.17) is 0 Å². The predicted molar refractivity (Wildman–Crippen MR) is 387 cm³/mol. The molecule has 4 nitrogen and oxygen atoms in total. The summed E-state index contributed by atoms with van der Waals surface area (Å²) in [5.74, 6) is 0. The molecule has 12 aromatic carbocycles. The average Bonchev–Trinajstić information content (AvgIpc) is 0.952. The molecule has 0 fully saturated rings. The van der Waals surface area contributed by atoms with E-state index in [1.807, 2.05) is 0 Å². The molecule has 0 aliphatic heterocycles. The first-order chi connectivity index (χ1) is 43.9. The SMILES string of the molecule is CCCc1cc(N(c2cccc3c2CCCC3)c2cccc3c4ccccc4n(-c4cccc(C(C)(C)C)c4)c23)c2ccc3c(CCC)cc(N(c4cccc5c4CCCC5)c4cccc5c6ccccc6n(-c6cccc(C(C)(C)C)c6)c45)c4ccc1c2c34. The van der Waals surface area contributed by atoms with Crippen LogP contribution in [-0.2, 0) is 49.4 Å². The second-order valence-electron chi connectivity index (χ2n) is 28.2. The molecular weight excluding hydrogens is 1090 g/mol. The number of para-hydroxylation sites is 4. The van der Waals surface area contributed by atoms with Crippen molar-refractivity contribution in [1.29, 1.82) is 0 Å². The molecule has 0 saturated carbocycles. The molecule has 16 rings (SSSR count). The summed E-state index contributed by atoms with van der Waals surface area (Å²) >= 11 is 0. The number of rotatable bonds is 12. The van der Waals surface area contributed by atoms with Crippen LogP contribution in [0.5, 0.6) is 0 Å². The number of hydrogen-bond acceptors (Lipinski definition) is 2. The van der Waals surface area contributed by atoms with Crippen molar-refractivity contribution in [3.63, 3.8) is 0 Å². The van der Waals surface area contributed by atoms with E-state index in [0.717, 1.165) is 51.4 Å². The van der Waals surface area contributed by atoms with E-state index in [1.54, 1.807) is 0 Å². The summed E-state index contributed by atoms with van der Waals surface area (Å²) in [4.78, 5) is 5.48.